The molecule has 0 aliphatic rings. The van der Waals surface area contributed by atoms with Crippen molar-refractivity contribution in [2.45, 2.75) is 33.1 Å². The Kier molecular flexibility index (Phi) is 12.8. The monoisotopic (exact) mass is 203 g/mol. The van der Waals surface area contributed by atoms with Crippen LogP contribution in [0.3, 0.4) is 0 Å². The van der Waals surface area contributed by atoms with Crippen LogP contribution in [0.2, 0.25) is 0 Å². The fourth-order valence-corrected chi connectivity index (χ4v) is 1.06. The van der Waals surface area contributed by atoms with Crippen molar-refractivity contribution in [3.8, 4) is 0 Å². The van der Waals surface area contributed by atoms with Gasteiger partial charge in [0.05, 0.1) is 6.61 Å². The average molecular weight is 203 g/mol. The minimum atomic E-state index is 0.807. The Labute approximate surface area is 88.2 Å². The molecule has 0 saturated carbocycles. The SMILES string of the molecule is CCCCOCCCNCCOCC. The molecule has 3 heteroatoms. The molecule has 0 aromatic rings. The van der Waals surface area contributed by atoms with Gasteiger partial charge >= 0.3 is 0 Å². The van der Waals surface area contributed by atoms with Gasteiger partial charge in [-0.1, -0.05) is 13.3 Å². The molecule has 0 fully saturated rings. The Balaban J connectivity index is 2.78. The van der Waals surface area contributed by atoms with Crippen molar-refractivity contribution in [2.75, 3.05) is 39.5 Å². The van der Waals surface area contributed by atoms with Gasteiger partial charge in [-0.05, 0) is 26.3 Å². The molecule has 0 aliphatic carbocycles. The summed E-state index contributed by atoms with van der Waals surface area (Å²) in [6.45, 7) is 9.58. The minimum Gasteiger partial charge on any atom is -0.381 e. The highest BCUT2D eigenvalue weighted by atomic mass is 16.5. The van der Waals surface area contributed by atoms with Crippen molar-refractivity contribution in [2.24, 2.45) is 0 Å². The summed E-state index contributed by atoms with van der Waals surface area (Å²) in [6.07, 6.45) is 3.49. The Morgan fingerprint density at radius 3 is 2.36 bits per heavy atom. The van der Waals surface area contributed by atoms with E-state index in [9.17, 15) is 0 Å². The maximum atomic E-state index is 5.43. The van der Waals surface area contributed by atoms with Crippen molar-refractivity contribution in [3.05, 3.63) is 0 Å². The second-order valence-electron chi connectivity index (χ2n) is 3.27. The Morgan fingerprint density at radius 2 is 1.64 bits per heavy atom. The number of nitrogens with one attached hydrogen (secondary N) is 1. The van der Waals surface area contributed by atoms with Gasteiger partial charge in [0.2, 0.25) is 0 Å². The van der Waals surface area contributed by atoms with E-state index in [4.69, 9.17) is 9.47 Å². The Hall–Kier alpha value is -0.120. The third-order valence-electron chi connectivity index (χ3n) is 1.91. The number of hydrogen-bond donors (Lipinski definition) is 1. The first-order valence-electron chi connectivity index (χ1n) is 5.78. The van der Waals surface area contributed by atoms with E-state index >= 15 is 0 Å². The molecular weight excluding hydrogens is 178 g/mol. The van der Waals surface area contributed by atoms with Gasteiger partial charge in [0.25, 0.3) is 0 Å². The van der Waals surface area contributed by atoms with Gasteiger partial charge in [-0.2, -0.15) is 0 Å². The van der Waals surface area contributed by atoms with E-state index in [0.717, 1.165) is 45.9 Å². The van der Waals surface area contributed by atoms with Gasteiger partial charge in [0.1, 0.15) is 0 Å². The summed E-state index contributed by atoms with van der Waals surface area (Å²) in [4.78, 5) is 0. The van der Waals surface area contributed by atoms with Crippen LogP contribution in [0.4, 0.5) is 0 Å². The fourth-order valence-electron chi connectivity index (χ4n) is 1.06. The molecule has 0 bridgehead atoms. The van der Waals surface area contributed by atoms with Crippen LogP contribution < -0.4 is 5.32 Å². The van der Waals surface area contributed by atoms with E-state index in [2.05, 4.69) is 12.2 Å². The molecule has 0 atom stereocenters. The molecule has 86 valence electrons. The zero-order chi connectivity index (χ0) is 10.5. The second kappa shape index (κ2) is 12.9. The van der Waals surface area contributed by atoms with Gasteiger partial charge in [0.15, 0.2) is 0 Å². The van der Waals surface area contributed by atoms with Gasteiger partial charge < -0.3 is 14.8 Å². The molecule has 0 aromatic carbocycles. The van der Waals surface area contributed by atoms with Crippen molar-refractivity contribution >= 4 is 0 Å². The first kappa shape index (κ1) is 13.9. The lowest BCUT2D eigenvalue weighted by molar-refractivity contribution is 0.126. The summed E-state index contributed by atoms with van der Waals surface area (Å²) < 4.78 is 10.6. The zero-order valence-corrected chi connectivity index (χ0v) is 9.68. The predicted molar refractivity (Wildman–Crippen MR) is 59.7 cm³/mol. The molecule has 0 aliphatic heterocycles. The number of rotatable bonds is 11. The van der Waals surface area contributed by atoms with Crippen LogP contribution in [0.25, 0.3) is 0 Å². The van der Waals surface area contributed by atoms with Crippen molar-refractivity contribution < 1.29 is 9.47 Å². The Morgan fingerprint density at radius 1 is 0.857 bits per heavy atom. The van der Waals surface area contributed by atoms with Gasteiger partial charge in [-0.3, -0.25) is 0 Å². The zero-order valence-electron chi connectivity index (χ0n) is 9.68. The molecule has 0 heterocycles. The summed E-state index contributed by atoms with van der Waals surface area (Å²) in [5.74, 6) is 0. The van der Waals surface area contributed by atoms with Crippen molar-refractivity contribution in [1.82, 2.24) is 5.32 Å². The first-order chi connectivity index (χ1) is 6.91. The molecule has 0 radical (unpaired) electrons. The summed E-state index contributed by atoms with van der Waals surface area (Å²) >= 11 is 0. The maximum Gasteiger partial charge on any atom is 0.0590 e. The van der Waals surface area contributed by atoms with Crippen LogP contribution in [0.1, 0.15) is 33.1 Å². The summed E-state index contributed by atoms with van der Waals surface area (Å²) in [7, 11) is 0. The van der Waals surface area contributed by atoms with Gasteiger partial charge in [-0.25, -0.2) is 0 Å². The van der Waals surface area contributed by atoms with Crippen LogP contribution in [-0.2, 0) is 9.47 Å². The summed E-state index contributed by atoms with van der Waals surface area (Å²) in [5.41, 5.74) is 0. The van der Waals surface area contributed by atoms with Crippen LogP contribution in [0.5, 0.6) is 0 Å². The van der Waals surface area contributed by atoms with Crippen LogP contribution in [-0.4, -0.2) is 39.5 Å². The van der Waals surface area contributed by atoms with Crippen molar-refractivity contribution in [1.29, 1.82) is 0 Å². The summed E-state index contributed by atoms with van der Waals surface area (Å²) in [5, 5.41) is 3.31. The molecule has 0 rings (SSSR count). The second-order valence-corrected chi connectivity index (χ2v) is 3.27. The van der Waals surface area contributed by atoms with E-state index in [-0.39, 0.29) is 0 Å². The van der Waals surface area contributed by atoms with Gasteiger partial charge in [-0.15, -0.1) is 0 Å². The number of unbranched alkanes of at least 4 members (excludes halogenated alkanes) is 1. The molecule has 0 saturated heterocycles. The molecule has 0 unspecified atom stereocenters. The van der Waals surface area contributed by atoms with E-state index in [1.807, 2.05) is 6.92 Å². The molecule has 3 nitrogen and oxygen atoms in total. The van der Waals surface area contributed by atoms with E-state index in [1.54, 1.807) is 0 Å². The lowest BCUT2D eigenvalue weighted by atomic mass is 10.4. The normalized spacial score (nSPS) is 10.7. The molecular formula is C11H25NO2. The third kappa shape index (κ3) is 11.9. The molecule has 0 aromatic heterocycles. The molecule has 0 spiro atoms. The fraction of sp³-hybridized carbons (Fsp3) is 1.00. The van der Waals surface area contributed by atoms with E-state index in [1.165, 1.54) is 12.8 Å². The quantitative estimate of drug-likeness (QED) is 0.520. The largest absolute Gasteiger partial charge is 0.381 e. The van der Waals surface area contributed by atoms with Crippen LogP contribution in [0, 0.1) is 0 Å². The average Bonchev–Trinajstić information content (AvgIpc) is 2.21. The lowest BCUT2D eigenvalue weighted by Gasteiger charge is -2.05. The summed E-state index contributed by atoms with van der Waals surface area (Å²) in [6, 6.07) is 0. The molecule has 14 heavy (non-hydrogen) atoms. The van der Waals surface area contributed by atoms with Crippen molar-refractivity contribution in [3.63, 3.8) is 0 Å². The van der Waals surface area contributed by atoms with Crippen LogP contribution in [0.15, 0.2) is 0 Å². The number of ether oxygens (including phenoxy) is 2. The highest BCUT2D eigenvalue weighted by Crippen LogP contribution is 1.88. The first-order valence-corrected chi connectivity index (χ1v) is 5.78. The highest BCUT2D eigenvalue weighted by Gasteiger charge is 1.89. The van der Waals surface area contributed by atoms with Crippen LogP contribution >= 0.6 is 0 Å². The highest BCUT2D eigenvalue weighted by molar-refractivity contribution is 4.46. The third-order valence-corrected chi connectivity index (χ3v) is 1.91. The number of hydrogen-bond acceptors (Lipinski definition) is 3. The molecule has 1 N–H and O–H groups in total. The lowest BCUT2D eigenvalue weighted by Crippen LogP contribution is -2.21. The smallest absolute Gasteiger partial charge is 0.0590 e. The molecule has 0 amide bonds. The van der Waals surface area contributed by atoms with E-state index < -0.39 is 0 Å². The van der Waals surface area contributed by atoms with Gasteiger partial charge in [0, 0.05) is 26.4 Å². The maximum absolute atomic E-state index is 5.43. The van der Waals surface area contributed by atoms with E-state index in [0.29, 0.717) is 0 Å². The Bertz CT molecular complexity index is 87.3. The topological polar surface area (TPSA) is 30.5 Å². The minimum absolute atomic E-state index is 0.807. The predicted octanol–water partition coefficient (Wildman–Crippen LogP) is 1.82. The standard InChI is InChI=1S/C11H25NO2/c1-3-5-9-14-10-6-7-12-8-11-13-4-2/h12H,3-11H2,1-2H3.